The number of nitrogen functional groups attached to an aromatic ring is 1. The molecule has 0 aliphatic rings. The van der Waals surface area contributed by atoms with Gasteiger partial charge in [0, 0.05) is 10.2 Å². The van der Waals surface area contributed by atoms with E-state index in [0.717, 1.165) is 0 Å². The number of hydrogen-bond acceptors (Lipinski definition) is 3. The molecule has 0 saturated carbocycles. The highest BCUT2D eigenvalue weighted by molar-refractivity contribution is 9.10. The first-order valence-corrected chi connectivity index (χ1v) is 8.78. The Kier molecular flexibility index (Phi) is 4.72. The molecule has 0 aromatic heterocycles. The SMILES string of the molecule is Cc1ccc(Cl)c(NS(=O)(=O)c2ccc(Br)c(N)c2)c1Cl. The number of halogens is 3. The largest absolute Gasteiger partial charge is 0.398 e. The molecule has 0 radical (unpaired) electrons. The molecular weight excluding hydrogens is 399 g/mol. The third kappa shape index (κ3) is 3.45. The Morgan fingerprint density at radius 2 is 1.86 bits per heavy atom. The number of nitrogens with one attached hydrogen (secondary N) is 1. The average molecular weight is 410 g/mol. The Balaban J connectivity index is 2.47. The van der Waals surface area contributed by atoms with Gasteiger partial charge in [0.15, 0.2) is 0 Å². The molecule has 3 N–H and O–H groups in total. The molecule has 0 aliphatic carbocycles. The van der Waals surface area contributed by atoms with Gasteiger partial charge in [-0.3, -0.25) is 4.72 Å². The zero-order valence-electron chi connectivity index (χ0n) is 10.8. The van der Waals surface area contributed by atoms with Gasteiger partial charge in [-0.1, -0.05) is 29.3 Å². The van der Waals surface area contributed by atoms with Gasteiger partial charge in [0.25, 0.3) is 10.0 Å². The van der Waals surface area contributed by atoms with Crippen molar-refractivity contribution in [2.24, 2.45) is 0 Å². The minimum atomic E-state index is -3.83. The van der Waals surface area contributed by atoms with Crippen LogP contribution in [0.2, 0.25) is 10.0 Å². The number of hydrogen-bond donors (Lipinski definition) is 2. The van der Waals surface area contributed by atoms with Crippen LogP contribution in [0.5, 0.6) is 0 Å². The molecular formula is C13H11BrCl2N2O2S. The summed E-state index contributed by atoms with van der Waals surface area (Å²) in [6.07, 6.45) is 0. The summed E-state index contributed by atoms with van der Waals surface area (Å²) in [6.45, 7) is 1.76. The number of rotatable bonds is 3. The van der Waals surface area contributed by atoms with E-state index >= 15 is 0 Å². The smallest absolute Gasteiger partial charge is 0.262 e. The molecule has 0 fully saturated rings. The molecule has 4 nitrogen and oxygen atoms in total. The van der Waals surface area contributed by atoms with Crippen molar-refractivity contribution in [3.8, 4) is 0 Å². The molecule has 8 heteroatoms. The summed E-state index contributed by atoms with van der Waals surface area (Å²) in [6, 6.07) is 7.63. The number of benzene rings is 2. The fourth-order valence-electron chi connectivity index (χ4n) is 1.63. The standard InChI is InChI=1S/C13H11BrCl2N2O2S/c1-7-2-5-10(15)13(12(7)16)18-21(19,20)8-3-4-9(14)11(17)6-8/h2-6,18H,17H2,1H3. The molecule has 0 saturated heterocycles. The highest BCUT2D eigenvalue weighted by Crippen LogP contribution is 2.35. The molecule has 2 aromatic carbocycles. The van der Waals surface area contributed by atoms with Gasteiger partial charge in [0.1, 0.15) is 0 Å². The van der Waals surface area contributed by atoms with Crippen molar-refractivity contribution in [3.63, 3.8) is 0 Å². The van der Waals surface area contributed by atoms with Crippen LogP contribution >= 0.6 is 39.1 Å². The summed E-state index contributed by atoms with van der Waals surface area (Å²) in [5.41, 5.74) is 6.89. The van der Waals surface area contributed by atoms with Gasteiger partial charge < -0.3 is 5.73 Å². The molecule has 2 rings (SSSR count). The second kappa shape index (κ2) is 6.04. The van der Waals surface area contributed by atoms with Gasteiger partial charge in [-0.25, -0.2) is 8.42 Å². The maximum absolute atomic E-state index is 12.4. The molecule has 21 heavy (non-hydrogen) atoms. The first-order valence-electron chi connectivity index (χ1n) is 5.75. The zero-order valence-corrected chi connectivity index (χ0v) is 14.7. The van der Waals surface area contributed by atoms with E-state index in [4.69, 9.17) is 28.9 Å². The second-order valence-corrected chi connectivity index (χ2v) is 7.66. The van der Waals surface area contributed by atoms with Crippen LogP contribution in [0.3, 0.4) is 0 Å². The fourth-order valence-corrected chi connectivity index (χ4v) is 3.58. The summed E-state index contributed by atoms with van der Waals surface area (Å²) in [4.78, 5) is 0.0249. The normalized spacial score (nSPS) is 11.4. The Morgan fingerprint density at radius 1 is 1.19 bits per heavy atom. The predicted octanol–water partition coefficient (Wildman–Crippen LogP) is 4.45. The highest BCUT2D eigenvalue weighted by Gasteiger charge is 2.19. The predicted molar refractivity (Wildman–Crippen MR) is 90.6 cm³/mol. The fraction of sp³-hybridized carbons (Fsp3) is 0.0769. The van der Waals surface area contributed by atoms with Crippen LogP contribution in [0.25, 0.3) is 0 Å². The Morgan fingerprint density at radius 3 is 2.48 bits per heavy atom. The van der Waals surface area contributed by atoms with Gasteiger partial charge >= 0.3 is 0 Å². The van der Waals surface area contributed by atoms with Crippen molar-refractivity contribution in [3.05, 3.63) is 50.4 Å². The number of anilines is 2. The lowest BCUT2D eigenvalue weighted by Gasteiger charge is -2.13. The van der Waals surface area contributed by atoms with Crippen LogP contribution in [-0.4, -0.2) is 8.42 Å². The van der Waals surface area contributed by atoms with Crippen LogP contribution in [-0.2, 0) is 10.0 Å². The molecule has 0 unspecified atom stereocenters. The molecule has 0 atom stereocenters. The van der Waals surface area contributed by atoms with Crippen LogP contribution in [0.4, 0.5) is 11.4 Å². The third-order valence-corrected chi connectivity index (χ3v) is 5.67. The number of nitrogens with two attached hydrogens (primary N) is 1. The van der Waals surface area contributed by atoms with Gasteiger partial charge in [-0.15, -0.1) is 0 Å². The van der Waals surface area contributed by atoms with Crippen LogP contribution in [0, 0.1) is 6.92 Å². The van der Waals surface area contributed by atoms with E-state index in [1.54, 1.807) is 25.1 Å². The van der Waals surface area contributed by atoms with Gasteiger partial charge in [0.2, 0.25) is 0 Å². The average Bonchev–Trinajstić information content (AvgIpc) is 2.42. The molecule has 2 aromatic rings. The maximum Gasteiger partial charge on any atom is 0.262 e. The third-order valence-electron chi connectivity index (χ3n) is 2.80. The van der Waals surface area contributed by atoms with Crippen molar-refractivity contribution >= 4 is 60.5 Å². The van der Waals surface area contributed by atoms with Crippen molar-refractivity contribution < 1.29 is 8.42 Å². The number of aryl methyl sites for hydroxylation is 1. The maximum atomic E-state index is 12.4. The van der Waals surface area contributed by atoms with Crippen molar-refractivity contribution in [2.45, 2.75) is 11.8 Å². The molecule has 112 valence electrons. The van der Waals surface area contributed by atoms with E-state index in [0.29, 0.717) is 15.7 Å². The molecule has 0 amide bonds. The summed E-state index contributed by atoms with van der Waals surface area (Å²) in [5.74, 6) is 0. The van der Waals surface area contributed by atoms with Crippen molar-refractivity contribution in [1.29, 1.82) is 0 Å². The van der Waals surface area contributed by atoms with E-state index < -0.39 is 10.0 Å². The van der Waals surface area contributed by atoms with Gasteiger partial charge in [-0.05, 0) is 52.7 Å². The lowest BCUT2D eigenvalue weighted by atomic mass is 10.2. The van der Waals surface area contributed by atoms with E-state index in [2.05, 4.69) is 20.7 Å². The second-order valence-electron chi connectivity index (χ2n) is 4.34. The first-order chi connectivity index (χ1) is 9.72. The summed E-state index contributed by atoms with van der Waals surface area (Å²) >= 11 is 15.3. The van der Waals surface area contributed by atoms with Crippen LogP contribution in [0.1, 0.15) is 5.56 Å². The van der Waals surface area contributed by atoms with E-state index in [-0.39, 0.29) is 20.6 Å². The minimum absolute atomic E-state index is 0.0249. The van der Waals surface area contributed by atoms with Crippen molar-refractivity contribution in [1.82, 2.24) is 0 Å². The molecule has 0 spiro atoms. The lowest BCUT2D eigenvalue weighted by Crippen LogP contribution is -2.14. The minimum Gasteiger partial charge on any atom is -0.398 e. The lowest BCUT2D eigenvalue weighted by molar-refractivity contribution is 0.601. The molecule has 0 aliphatic heterocycles. The highest BCUT2D eigenvalue weighted by atomic mass is 79.9. The Bertz CT molecular complexity index is 810. The summed E-state index contributed by atoms with van der Waals surface area (Å²) in [7, 11) is -3.83. The zero-order chi connectivity index (χ0) is 15.8. The topological polar surface area (TPSA) is 72.2 Å². The monoisotopic (exact) mass is 408 g/mol. The van der Waals surface area contributed by atoms with E-state index in [1.807, 2.05) is 0 Å². The van der Waals surface area contributed by atoms with E-state index in [1.165, 1.54) is 12.1 Å². The Hall–Kier alpha value is -0.950. The summed E-state index contributed by atoms with van der Waals surface area (Å²) in [5, 5.41) is 0.482. The summed E-state index contributed by atoms with van der Waals surface area (Å²) < 4.78 is 27.8. The molecule has 0 bridgehead atoms. The Labute approximate surface area is 141 Å². The van der Waals surface area contributed by atoms with E-state index in [9.17, 15) is 8.42 Å². The van der Waals surface area contributed by atoms with Gasteiger partial charge in [0.05, 0.1) is 20.6 Å². The number of sulfonamides is 1. The first kappa shape index (κ1) is 16.4. The van der Waals surface area contributed by atoms with Crippen LogP contribution in [0.15, 0.2) is 39.7 Å². The quantitative estimate of drug-likeness (QED) is 0.735. The molecule has 0 heterocycles. The van der Waals surface area contributed by atoms with Gasteiger partial charge in [-0.2, -0.15) is 0 Å². The van der Waals surface area contributed by atoms with Crippen LogP contribution < -0.4 is 10.5 Å². The van der Waals surface area contributed by atoms with Crippen molar-refractivity contribution in [2.75, 3.05) is 10.5 Å².